The van der Waals surface area contributed by atoms with E-state index in [1.807, 2.05) is 11.8 Å². The van der Waals surface area contributed by atoms with Crippen molar-refractivity contribution in [2.24, 2.45) is 7.05 Å². The maximum atomic E-state index is 11.0. The van der Waals surface area contributed by atoms with E-state index in [1.165, 1.54) is 6.20 Å². The minimum atomic E-state index is -0.906. The highest BCUT2D eigenvalue weighted by Gasteiger charge is 2.22. The lowest BCUT2D eigenvalue weighted by Gasteiger charge is -2.28. The molecule has 2 rings (SSSR count). The summed E-state index contributed by atoms with van der Waals surface area (Å²) in [5.74, 6) is 1.91. The first-order valence-corrected chi connectivity index (χ1v) is 5.93. The molecule has 0 amide bonds. The van der Waals surface area contributed by atoms with E-state index < -0.39 is 5.97 Å². The molecule has 1 fully saturated rings. The van der Waals surface area contributed by atoms with Gasteiger partial charge in [-0.1, -0.05) is 0 Å². The van der Waals surface area contributed by atoms with Crippen LogP contribution in [0.4, 0.5) is 5.82 Å². The van der Waals surface area contributed by atoms with Crippen molar-refractivity contribution in [3.8, 4) is 0 Å². The summed E-state index contributed by atoms with van der Waals surface area (Å²) in [6, 6.07) is 0. The second-order valence-corrected chi connectivity index (χ2v) is 4.63. The molecule has 15 heavy (non-hydrogen) atoms. The summed E-state index contributed by atoms with van der Waals surface area (Å²) in [5, 5.41) is 13.0. The number of carboxylic acids is 1. The maximum absolute atomic E-state index is 11.0. The van der Waals surface area contributed by atoms with E-state index in [2.05, 4.69) is 10.00 Å². The number of hydrogen-bond acceptors (Lipinski definition) is 4. The molecule has 0 atom stereocenters. The van der Waals surface area contributed by atoms with Gasteiger partial charge in [0.25, 0.3) is 0 Å². The van der Waals surface area contributed by atoms with Crippen LogP contribution in [0.5, 0.6) is 0 Å². The van der Waals surface area contributed by atoms with Crippen molar-refractivity contribution < 1.29 is 9.90 Å². The Morgan fingerprint density at radius 1 is 1.53 bits per heavy atom. The van der Waals surface area contributed by atoms with E-state index in [0.29, 0.717) is 5.56 Å². The van der Waals surface area contributed by atoms with Gasteiger partial charge in [0.1, 0.15) is 11.4 Å². The topological polar surface area (TPSA) is 58.4 Å². The molecule has 0 aromatic carbocycles. The van der Waals surface area contributed by atoms with Crippen LogP contribution in [0.2, 0.25) is 0 Å². The molecule has 1 saturated heterocycles. The van der Waals surface area contributed by atoms with E-state index >= 15 is 0 Å². The molecule has 0 bridgehead atoms. The molecule has 0 saturated carbocycles. The maximum Gasteiger partial charge on any atom is 0.341 e. The first kappa shape index (κ1) is 10.4. The normalized spacial score (nSPS) is 16.7. The van der Waals surface area contributed by atoms with Crippen LogP contribution in [-0.2, 0) is 7.05 Å². The fourth-order valence-electron chi connectivity index (χ4n) is 1.73. The van der Waals surface area contributed by atoms with Crippen molar-refractivity contribution in [2.75, 3.05) is 29.5 Å². The van der Waals surface area contributed by atoms with E-state index in [1.54, 1.807) is 11.7 Å². The van der Waals surface area contributed by atoms with Crippen LogP contribution in [0.25, 0.3) is 0 Å². The molecule has 0 aliphatic carbocycles. The molecule has 0 spiro atoms. The summed E-state index contributed by atoms with van der Waals surface area (Å²) in [6.45, 7) is 1.79. The van der Waals surface area contributed by atoms with Crippen molar-refractivity contribution in [1.29, 1.82) is 0 Å². The number of carboxylic acid groups (broad SMARTS) is 1. The first-order chi connectivity index (χ1) is 7.20. The van der Waals surface area contributed by atoms with E-state index in [0.717, 1.165) is 30.4 Å². The van der Waals surface area contributed by atoms with Crippen molar-refractivity contribution in [1.82, 2.24) is 9.78 Å². The van der Waals surface area contributed by atoms with Gasteiger partial charge in [-0.25, -0.2) is 4.79 Å². The summed E-state index contributed by atoms with van der Waals surface area (Å²) in [4.78, 5) is 13.1. The van der Waals surface area contributed by atoms with Crippen molar-refractivity contribution in [3.05, 3.63) is 11.8 Å². The molecule has 5 nitrogen and oxygen atoms in total. The van der Waals surface area contributed by atoms with Crippen LogP contribution in [0.15, 0.2) is 6.20 Å². The Labute approximate surface area is 92.1 Å². The third-order valence-electron chi connectivity index (χ3n) is 2.45. The number of aromatic nitrogens is 2. The average Bonchev–Trinajstić information content (AvgIpc) is 2.61. The van der Waals surface area contributed by atoms with Gasteiger partial charge in [0.15, 0.2) is 0 Å². The lowest BCUT2D eigenvalue weighted by molar-refractivity contribution is 0.0697. The van der Waals surface area contributed by atoms with Gasteiger partial charge in [0.2, 0.25) is 0 Å². The molecular weight excluding hydrogens is 214 g/mol. The van der Waals surface area contributed by atoms with Crippen LogP contribution in [0, 0.1) is 0 Å². The predicted molar refractivity (Wildman–Crippen MR) is 59.7 cm³/mol. The Bertz CT molecular complexity index is 371. The summed E-state index contributed by atoms with van der Waals surface area (Å²) in [5.41, 5.74) is 0.296. The number of hydrogen-bond donors (Lipinski definition) is 1. The van der Waals surface area contributed by atoms with Gasteiger partial charge in [-0.3, -0.25) is 4.68 Å². The van der Waals surface area contributed by atoms with Crippen LogP contribution in [0.1, 0.15) is 10.4 Å². The quantitative estimate of drug-likeness (QED) is 0.804. The SMILES string of the molecule is Cn1ncc(C(=O)O)c1N1CCSCC1. The summed E-state index contributed by atoms with van der Waals surface area (Å²) in [7, 11) is 1.78. The third kappa shape index (κ3) is 1.94. The number of thioether (sulfide) groups is 1. The molecule has 0 unspecified atom stereocenters. The summed E-state index contributed by atoms with van der Waals surface area (Å²) >= 11 is 1.90. The lowest BCUT2D eigenvalue weighted by atomic mass is 10.3. The number of nitrogens with zero attached hydrogens (tertiary/aromatic N) is 3. The van der Waals surface area contributed by atoms with E-state index in [4.69, 9.17) is 5.11 Å². The van der Waals surface area contributed by atoms with Gasteiger partial charge < -0.3 is 10.0 Å². The second-order valence-electron chi connectivity index (χ2n) is 3.41. The number of rotatable bonds is 2. The molecule has 1 N–H and O–H groups in total. The van der Waals surface area contributed by atoms with E-state index in [-0.39, 0.29) is 0 Å². The molecule has 82 valence electrons. The monoisotopic (exact) mass is 227 g/mol. The molecule has 1 aliphatic rings. The number of aryl methyl sites for hydroxylation is 1. The van der Waals surface area contributed by atoms with Gasteiger partial charge in [-0.05, 0) is 0 Å². The first-order valence-electron chi connectivity index (χ1n) is 4.78. The molecule has 1 aromatic heterocycles. The molecule has 1 aromatic rings. The molecule has 6 heteroatoms. The summed E-state index contributed by atoms with van der Waals surface area (Å²) < 4.78 is 1.64. The molecular formula is C9H13N3O2S. The molecule has 1 aliphatic heterocycles. The Balaban J connectivity index is 2.32. The third-order valence-corrected chi connectivity index (χ3v) is 3.39. The van der Waals surface area contributed by atoms with Crippen LogP contribution in [-0.4, -0.2) is 45.5 Å². The standard InChI is InChI=1S/C9H13N3O2S/c1-11-8(7(6-10-11)9(13)14)12-2-4-15-5-3-12/h6H,2-5H2,1H3,(H,13,14). The average molecular weight is 227 g/mol. The van der Waals surface area contributed by atoms with Crippen molar-refractivity contribution in [3.63, 3.8) is 0 Å². The number of aromatic carboxylic acids is 1. The van der Waals surface area contributed by atoms with Crippen LogP contribution in [0.3, 0.4) is 0 Å². The van der Waals surface area contributed by atoms with Gasteiger partial charge in [0.05, 0.1) is 6.20 Å². The van der Waals surface area contributed by atoms with Crippen LogP contribution < -0.4 is 4.90 Å². The Morgan fingerprint density at radius 3 is 2.80 bits per heavy atom. The Hall–Kier alpha value is -1.17. The van der Waals surface area contributed by atoms with E-state index in [9.17, 15) is 4.79 Å². The zero-order valence-electron chi connectivity index (χ0n) is 8.51. The predicted octanol–water partition coefficient (Wildman–Crippen LogP) is 0.672. The molecule has 2 heterocycles. The fourth-order valence-corrected chi connectivity index (χ4v) is 2.64. The number of anilines is 1. The zero-order valence-corrected chi connectivity index (χ0v) is 9.33. The highest BCUT2D eigenvalue weighted by atomic mass is 32.2. The highest BCUT2D eigenvalue weighted by molar-refractivity contribution is 7.99. The Morgan fingerprint density at radius 2 is 2.20 bits per heavy atom. The van der Waals surface area contributed by atoms with Gasteiger partial charge in [0, 0.05) is 31.6 Å². The number of carbonyl (C=O) groups is 1. The van der Waals surface area contributed by atoms with Gasteiger partial charge >= 0.3 is 5.97 Å². The van der Waals surface area contributed by atoms with Crippen molar-refractivity contribution >= 4 is 23.5 Å². The van der Waals surface area contributed by atoms with Gasteiger partial charge in [-0.2, -0.15) is 16.9 Å². The molecule has 0 radical (unpaired) electrons. The minimum Gasteiger partial charge on any atom is -0.477 e. The highest BCUT2D eigenvalue weighted by Crippen LogP contribution is 2.22. The van der Waals surface area contributed by atoms with Crippen molar-refractivity contribution in [2.45, 2.75) is 0 Å². The Kier molecular flexibility index (Phi) is 2.86. The lowest BCUT2D eigenvalue weighted by Crippen LogP contribution is -2.34. The zero-order chi connectivity index (χ0) is 10.8. The summed E-state index contributed by atoms with van der Waals surface area (Å²) in [6.07, 6.45) is 1.42. The minimum absolute atomic E-state index is 0.296. The van der Waals surface area contributed by atoms with Gasteiger partial charge in [-0.15, -0.1) is 0 Å². The van der Waals surface area contributed by atoms with Crippen LogP contribution >= 0.6 is 11.8 Å². The second kappa shape index (κ2) is 4.14. The fraction of sp³-hybridized carbons (Fsp3) is 0.556. The largest absolute Gasteiger partial charge is 0.477 e. The smallest absolute Gasteiger partial charge is 0.341 e.